The first-order valence-corrected chi connectivity index (χ1v) is 8.35. The summed E-state index contributed by atoms with van der Waals surface area (Å²) in [5, 5.41) is 12.2. The molecule has 0 bridgehead atoms. The Hall–Kier alpha value is -3.25. The van der Waals surface area contributed by atoms with E-state index in [0.29, 0.717) is 29.2 Å². The van der Waals surface area contributed by atoms with Gasteiger partial charge in [-0.1, -0.05) is 11.6 Å². The van der Waals surface area contributed by atoms with Gasteiger partial charge in [0.15, 0.2) is 0 Å². The van der Waals surface area contributed by atoms with E-state index in [9.17, 15) is 0 Å². The molecule has 4 aromatic rings. The molecule has 1 aromatic carbocycles. The van der Waals surface area contributed by atoms with Crippen molar-refractivity contribution in [3.05, 3.63) is 77.7 Å². The van der Waals surface area contributed by atoms with Gasteiger partial charge >= 0.3 is 0 Å². The lowest BCUT2D eigenvalue weighted by Gasteiger charge is -2.08. The second kappa shape index (κ2) is 7.33. The van der Waals surface area contributed by atoms with Crippen molar-refractivity contribution in [3.63, 3.8) is 0 Å². The number of nitrogens with zero attached hydrogens (tertiary/aromatic N) is 4. The number of hydrogen-bond acceptors (Lipinski definition) is 6. The molecule has 3 aromatic heterocycles. The third-order valence-electron chi connectivity index (χ3n) is 3.76. The fraction of sp³-hybridized carbons (Fsp3) is 0.0526. The number of benzene rings is 1. The Morgan fingerprint density at radius 2 is 1.65 bits per heavy atom. The van der Waals surface area contributed by atoms with Crippen LogP contribution in [0.5, 0.6) is 0 Å². The van der Waals surface area contributed by atoms with Crippen molar-refractivity contribution in [1.82, 2.24) is 20.2 Å². The fourth-order valence-corrected chi connectivity index (χ4v) is 2.57. The first-order chi connectivity index (χ1) is 12.8. The summed E-state index contributed by atoms with van der Waals surface area (Å²) in [5.74, 6) is 1.51. The Balaban J connectivity index is 1.59. The third-order valence-corrected chi connectivity index (χ3v) is 4.02. The van der Waals surface area contributed by atoms with Crippen LogP contribution in [0.1, 0.15) is 5.56 Å². The van der Waals surface area contributed by atoms with E-state index in [2.05, 4.69) is 25.5 Å². The smallest absolute Gasteiger partial charge is 0.251 e. The maximum absolute atomic E-state index is 5.92. The van der Waals surface area contributed by atoms with E-state index in [-0.39, 0.29) is 0 Å². The van der Waals surface area contributed by atoms with Gasteiger partial charge in [-0.15, -0.1) is 10.2 Å². The summed E-state index contributed by atoms with van der Waals surface area (Å²) >= 11 is 5.92. The molecule has 0 aliphatic carbocycles. The van der Waals surface area contributed by atoms with Crippen molar-refractivity contribution >= 4 is 17.4 Å². The van der Waals surface area contributed by atoms with Gasteiger partial charge in [0, 0.05) is 35.7 Å². The Kier molecular flexibility index (Phi) is 4.57. The lowest BCUT2D eigenvalue weighted by Crippen LogP contribution is -2.03. The summed E-state index contributed by atoms with van der Waals surface area (Å²) in [5.41, 5.74) is 2.65. The monoisotopic (exact) mass is 363 g/mol. The molecule has 0 unspecified atom stereocenters. The van der Waals surface area contributed by atoms with Crippen LogP contribution in [0.25, 0.3) is 22.9 Å². The van der Waals surface area contributed by atoms with Gasteiger partial charge in [-0.2, -0.15) is 0 Å². The molecule has 0 aliphatic heterocycles. The van der Waals surface area contributed by atoms with Crippen LogP contribution in [-0.2, 0) is 6.54 Å². The van der Waals surface area contributed by atoms with Gasteiger partial charge in [-0.05, 0) is 54.1 Å². The number of hydrogen-bond donors (Lipinski definition) is 1. The van der Waals surface area contributed by atoms with Gasteiger partial charge in [0.1, 0.15) is 5.82 Å². The van der Waals surface area contributed by atoms with E-state index in [4.69, 9.17) is 16.0 Å². The normalized spacial score (nSPS) is 10.7. The number of aromatic nitrogens is 4. The number of anilines is 1. The molecular weight excluding hydrogens is 350 g/mol. The number of pyridine rings is 2. The van der Waals surface area contributed by atoms with E-state index in [1.807, 2.05) is 36.4 Å². The molecule has 128 valence electrons. The maximum Gasteiger partial charge on any atom is 0.251 e. The molecule has 0 radical (unpaired) electrons. The predicted molar refractivity (Wildman–Crippen MR) is 99.5 cm³/mol. The van der Waals surface area contributed by atoms with Crippen molar-refractivity contribution in [2.75, 3.05) is 5.32 Å². The Labute approximate surface area is 154 Å². The van der Waals surface area contributed by atoms with Gasteiger partial charge in [-0.25, -0.2) is 4.98 Å². The van der Waals surface area contributed by atoms with Crippen molar-refractivity contribution < 1.29 is 4.42 Å². The highest BCUT2D eigenvalue weighted by molar-refractivity contribution is 6.30. The number of nitrogens with one attached hydrogen (secondary N) is 1. The first-order valence-electron chi connectivity index (χ1n) is 7.97. The molecule has 0 atom stereocenters. The summed E-state index contributed by atoms with van der Waals surface area (Å²) in [6.45, 7) is 0.616. The maximum atomic E-state index is 5.92. The van der Waals surface area contributed by atoms with Gasteiger partial charge in [-0.3, -0.25) is 4.98 Å². The van der Waals surface area contributed by atoms with Crippen LogP contribution < -0.4 is 5.32 Å². The molecular formula is C19H14ClN5O. The van der Waals surface area contributed by atoms with Crippen molar-refractivity contribution in [2.24, 2.45) is 0 Å². The fourth-order valence-electron chi connectivity index (χ4n) is 2.45. The number of halogens is 1. The zero-order chi connectivity index (χ0) is 17.8. The molecule has 0 fully saturated rings. The largest absolute Gasteiger partial charge is 0.416 e. The lowest BCUT2D eigenvalue weighted by molar-refractivity contribution is 0.584. The van der Waals surface area contributed by atoms with Crippen LogP contribution in [0.15, 0.2) is 71.5 Å². The minimum absolute atomic E-state index is 0.403. The third kappa shape index (κ3) is 3.55. The van der Waals surface area contributed by atoms with Crippen LogP contribution in [0.3, 0.4) is 0 Å². The Morgan fingerprint density at radius 3 is 2.46 bits per heavy atom. The summed E-state index contributed by atoms with van der Waals surface area (Å²) in [6, 6.07) is 14.9. The highest BCUT2D eigenvalue weighted by atomic mass is 35.5. The molecule has 26 heavy (non-hydrogen) atoms. The number of rotatable bonds is 5. The van der Waals surface area contributed by atoms with Crippen LogP contribution >= 0.6 is 11.6 Å². The first kappa shape index (κ1) is 16.2. The molecule has 0 saturated heterocycles. The lowest BCUT2D eigenvalue weighted by atomic mass is 10.2. The summed E-state index contributed by atoms with van der Waals surface area (Å²) in [6.07, 6.45) is 5.23. The molecule has 0 amide bonds. The molecule has 4 rings (SSSR count). The highest BCUT2D eigenvalue weighted by Gasteiger charge is 2.14. The van der Waals surface area contributed by atoms with Gasteiger partial charge in [0.05, 0.1) is 5.56 Å². The van der Waals surface area contributed by atoms with E-state index >= 15 is 0 Å². The second-order valence-corrected chi connectivity index (χ2v) is 5.96. The zero-order valence-corrected chi connectivity index (χ0v) is 14.4. The minimum atomic E-state index is 0.403. The van der Waals surface area contributed by atoms with E-state index in [0.717, 1.165) is 16.7 Å². The summed E-state index contributed by atoms with van der Waals surface area (Å²) in [7, 11) is 0. The van der Waals surface area contributed by atoms with Gasteiger partial charge in [0.25, 0.3) is 5.89 Å². The Morgan fingerprint density at radius 1 is 0.885 bits per heavy atom. The van der Waals surface area contributed by atoms with Gasteiger partial charge < -0.3 is 9.73 Å². The Bertz CT molecular complexity index is 1000. The van der Waals surface area contributed by atoms with E-state index < -0.39 is 0 Å². The predicted octanol–water partition coefficient (Wildman–Crippen LogP) is 4.46. The average molecular weight is 364 g/mol. The summed E-state index contributed by atoms with van der Waals surface area (Å²) < 4.78 is 5.83. The zero-order valence-electron chi connectivity index (χ0n) is 13.6. The standard InChI is InChI=1S/C19H14ClN5O/c20-15-5-3-14(4-6-15)18-24-25-19(26-18)16-2-1-9-22-17(16)23-12-13-7-10-21-11-8-13/h1-11H,12H2,(H,22,23). The minimum Gasteiger partial charge on any atom is -0.416 e. The van der Waals surface area contributed by atoms with E-state index in [1.54, 1.807) is 30.7 Å². The van der Waals surface area contributed by atoms with E-state index in [1.165, 1.54) is 0 Å². The van der Waals surface area contributed by atoms with Crippen molar-refractivity contribution in [1.29, 1.82) is 0 Å². The van der Waals surface area contributed by atoms with Crippen LogP contribution in [0.4, 0.5) is 5.82 Å². The summed E-state index contributed by atoms with van der Waals surface area (Å²) in [4.78, 5) is 8.41. The van der Waals surface area contributed by atoms with Crippen molar-refractivity contribution in [3.8, 4) is 22.9 Å². The molecule has 0 saturated carbocycles. The quantitative estimate of drug-likeness (QED) is 0.564. The van der Waals surface area contributed by atoms with Crippen LogP contribution in [-0.4, -0.2) is 20.2 Å². The van der Waals surface area contributed by atoms with Crippen LogP contribution in [0.2, 0.25) is 5.02 Å². The topological polar surface area (TPSA) is 76.7 Å². The molecule has 6 nitrogen and oxygen atoms in total. The SMILES string of the molecule is Clc1ccc(-c2nnc(-c3cccnc3NCc3ccncc3)o2)cc1. The van der Waals surface area contributed by atoms with Crippen LogP contribution in [0, 0.1) is 0 Å². The molecule has 1 N–H and O–H groups in total. The molecule has 0 aliphatic rings. The molecule has 0 spiro atoms. The van der Waals surface area contributed by atoms with Gasteiger partial charge in [0.2, 0.25) is 5.89 Å². The average Bonchev–Trinajstić information content (AvgIpc) is 3.18. The second-order valence-electron chi connectivity index (χ2n) is 5.53. The highest BCUT2D eigenvalue weighted by Crippen LogP contribution is 2.28. The molecule has 3 heterocycles. The molecule has 7 heteroatoms. The van der Waals surface area contributed by atoms with Crippen molar-refractivity contribution in [2.45, 2.75) is 6.54 Å².